The van der Waals surface area contributed by atoms with E-state index in [9.17, 15) is 14.0 Å². The summed E-state index contributed by atoms with van der Waals surface area (Å²) in [5, 5.41) is 7.20. The van der Waals surface area contributed by atoms with Crippen molar-refractivity contribution in [3.63, 3.8) is 0 Å². The number of rotatable bonds is 3. The van der Waals surface area contributed by atoms with E-state index in [0.29, 0.717) is 11.3 Å². The molecule has 0 atom stereocenters. The van der Waals surface area contributed by atoms with E-state index in [4.69, 9.17) is 5.73 Å². The number of amides is 1. The molecule has 10 nitrogen and oxygen atoms in total. The van der Waals surface area contributed by atoms with Crippen LogP contribution < -0.4 is 16.6 Å². The van der Waals surface area contributed by atoms with Crippen molar-refractivity contribution >= 4 is 34.4 Å². The van der Waals surface area contributed by atoms with Crippen LogP contribution in [0.4, 0.5) is 16.2 Å². The van der Waals surface area contributed by atoms with Gasteiger partial charge >= 0.3 is 0 Å². The lowest BCUT2D eigenvalue weighted by Gasteiger charge is -2.13. The molecule has 4 rings (SSSR count). The molecular weight excluding hydrogens is 391 g/mol. The molecule has 4 aromatic rings. The van der Waals surface area contributed by atoms with Crippen molar-refractivity contribution in [1.82, 2.24) is 29.1 Å². The van der Waals surface area contributed by atoms with Gasteiger partial charge in [-0.1, -0.05) is 20.8 Å². The standard InChI is InChI=1S/C19H19FN8O2/c1-19(2,3)12-6-15-27(9-14(29)24-13-5-4-10(20)7-22-13)16-11(8-23-18(21)25-16)17(30)28(15)26-12/h4-8H,9H2,1-3H3,(H2,21,23,25)(H,22,24,29). The van der Waals surface area contributed by atoms with E-state index in [1.165, 1.54) is 27.4 Å². The molecule has 0 aliphatic rings. The number of nitrogens with one attached hydrogen (secondary N) is 1. The van der Waals surface area contributed by atoms with Gasteiger partial charge in [0.1, 0.15) is 29.2 Å². The highest BCUT2D eigenvalue weighted by Gasteiger charge is 2.23. The first-order chi connectivity index (χ1) is 14.1. The molecule has 154 valence electrons. The highest BCUT2D eigenvalue weighted by Crippen LogP contribution is 2.23. The first-order valence-corrected chi connectivity index (χ1v) is 9.10. The SMILES string of the molecule is CC(C)(C)c1cc2n(CC(=O)Nc3ccc(F)cn3)c3nc(N)ncc3c(=O)n2n1. The topological polar surface area (TPSA) is 133 Å². The predicted molar refractivity (Wildman–Crippen MR) is 108 cm³/mol. The molecule has 0 unspecified atom stereocenters. The minimum Gasteiger partial charge on any atom is -0.368 e. The highest BCUT2D eigenvalue weighted by atomic mass is 19.1. The van der Waals surface area contributed by atoms with Crippen LogP contribution in [0.2, 0.25) is 0 Å². The lowest BCUT2D eigenvalue weighted by atomic mass is 9.93. The van der Waals surface area contributed by atoms with E-state index in [0.717, 1.165) is 6.20 Å². The number of pyridine rings is 1. The van der Waals surface area contributed by atoms with Gasteiger partial charge in [-0.25, -0.2) is 14.4 Å². The van der Waals surface area contributed by atoms with Crippen molar-refractivity contribution in [2.75, 3.05) is 11.1 Å². The molecule has 0 aliphatic heterocycles. The van der Waals surface area contributed by atoms with Crippen LogP contribution >= 0.6 is 0 Å². The van der Waals surface area contributed by atoms with Crippen molar-refractivity contribution in [2.45, 2.75) is 32.7 Å². The van der Waals surface area contributed by atoms with Crippen molar-refractivity contribution in [1.29, 1.82) is 0 Å². The minimum atomic E-state index is -0.512. The van der Waals surface area contributed by atoms with Crippen LogP contribution in [0, 0.1) is 5.82 Å². The van der Waals surface area contributed by atoms with Gasteiger partial charge in [0.25, 0.3) is 5.56 Å². The van der Waals surface area contributed by atoms with E-state index in [-0.39, 0.29) is 34.8 Å². The average molecular weight is 410 g/mol. The number of hydrogen-bond donors (Lipinski definition) is 2. The molecular formula is C19H19FN8O2. The molecule has 0 aliphatic carbocycles. The molecule has 0 spiro atoms. The van der Waals surface area contributed by atoms with Crippen molar-refractivity contribution in [3.8, 4) is 0 Å². The first-order valence-electron chi connectivity index (χ1n) is 9.10. The summed E-state index contributed by atoms with van der Waals surface area (Å²) in [6, 6.07) is 4.28. The van der Waals surface area contributed by atoms with Crippen molar-refractivity contribution in [2.24, 2.45) is 0 Å². The molecule has 1 amide bonds. The number of nitrogens with zero attached hydrogens (tertiary/aromatic N) is 6. The number of anilines is 2. The highest BCUT2D eigenvalue weighted by molar-refractivity contribution is 5.91. The fourth-order valence-electron chi connectivity index (χ4n) is 2.98. The maximum atomic E-state index is 13.0. The summed E-state index contributed by atoms with van der Waals surface area (Å²) < 4.78 is 15.8. The number of fused-ring (bicyclic) bond motifs is 2. The van der Waals surface area contributed by atoms with Crippen LogP contribution in [-0.2, 0) is 16.8 Å². The molecule has 0 fully saturated rings. The Labute approximate surface area is 169 Å². The van der Waals surface area contributed by atoms with E-state index in [1.54, 1.807) is 6.07 Å². The van der Waals surface area contributed by atoms with Crippen LogP contribution in [-0.4, -0.2) is 35.0 Å². The third kappa shape index (κ3) is 3.45. The third-order valence-corrected chi connectivity index (χ3v) is 4.50. The largest absolute Gasteiger partial charge is 0.368 e. The number of carbonyl (C=O) groups is 1. The third-order valence-electron chi connectivity index (χ3n) is 4.50. The van der Waals surface area contributed by atoms with Gasteiger partial charge in [-0.2, -0.15) is 14.6 Å². The Morgan fingerprint density at radius 2 is 2.00 bits per heavy atom. The second kappa shape index (κ2) is 6.87. The Bertz CT molecular complexity index is 1340. The number of nitrogens with two attached hydrogens (primary N) is 1. The first kappa shape index (κ1) is 19.4. The fraction of sp³-hybridized carbons (Fsp3) is 0.263. The molecule has 11 heteroatoms. The monoisotopic (exact) mass is 410 g/mol. The molecule has 30 heavy (non-hydrogen) atoms. The quantitative estimate of drug-likeness (QED) is 0.523. The average Bonchev–Trinajstić information content (AvgIpc) is 3.13. The number of halogens is 1. The van der Waals surface area contributed by atoms with Gasteiger partial charge in [0.2, 0.25) is 11.9 Å². The van der Waals surface area contributed by atoms with Gasteiger partial charge in [0.15, 0.2) is 5.65 Å². The normalized spacial score (nSPS) is 11.9. The lowest BCUT2D eigenvalue weighted by molar-refractivity contribution is -0.116. The number of hydrogen-bond acceptors (Lipinski definition) is 7. The van der Waals surface area contributed by atoms with Gasteiger partial charge in [-0.15, -0.1) is 0 Å². The van der Waals surface area contributed by atoms with E-state index >= 15 is 0 Å². The Hall–Kier alpha value is -3.89. The van der Waals surface area contributed by atoms with Crippen LogP contribution in [0.5, 0.6) is 0 Å². The second-order valence-electron chi connectivity index (χ2n) is 7.82. The second-order valence-corrected chi connectivity index (χ2v) is 7.82. The number of carbonyl (C=O) groups excluding carboxylic acids is 1. The Balaban J connectivity index is 1.86. The summed E-state index contributed by atoms with van der Waals surface area (Å²) in [6.45, 7) is 5.70. The maximum Gasteiger partial charge on any atom is 0.285 e. The molecule has 0 saturated carbocycles. The molecule has 4 aromatic heterocycles. The van der Waals surface area contributed by atoms with Crippen LogP contribution in [0.25, 0.3) is 16.7 Å². The van der Waals surface area contributed by atoms with Crippen molar-refractivity contribution < 1.29 is 9.18 Å². The van der Waals surface area contributed by atoms with Crippen LogP contribution in [0.3, 0.4) is 0 Å². The zero-order valence-corrected chi connectivity index (χ0v) is 16.5. The van der Waals surface area contributed by atoms with Crippen LogP contribution in [0.15, 0.2) is 35.4 Å². The number of nitrogen functional groups attached to an aromatic ring is 1. The summed E-state index contributed by atoms with van der Waals surface area (Å²) in [7, 11) is 0. The molecule has 0 bridgehead atoms. The summed E-state index contributed by atoms with van der Waals surface area (Å²) in [5.41, 5.74) is 6.26. The summed E-state index contributed by atoms with van der Waals surface area (Å²) in [5.74, 6) is -0.795. The smallest absolute Gasteiger partial charge is 0.285 e. The zero-order chi connectivity index (χ0) is 21.6. The van der Waals surface area contributed by atoms with Gasteiger partial charge < -0.3 is 15.6 Å². The Morgan fingerprint density at radius 1 is 1.23 bits per heavy atom. The van der Waals surface area contributed by atoms with E-state index < -0.39 is 17.3 Å². The van der Waals surface area contributed by atoms with E-state index in [2.05, 4.69) is 25.4 Å². The molecule has 0 radical (unpaired) electrons. The summed E-state index contributed by atoms with van der Waals surface area (Å²) in [6.07, 6.45) is 2.32. The number of aromatic nitrogens is 6. The van der Waals surface area contributed by atoms with Gasteiger partial charge in [0.05, 0.1) is 11.9 Å². The predicted octanol–water partition coefficient (Wildman–Crippen LogP) is 1.49. The van der Waals surface area contributed by atoms with Gasteiger partial charge in [-0.05, 0) is 12.1 Å². The molecule has 0 aromatic carbocycles. The molecule has 3 N–H and O–H groups in total. The van der Waals surface area contributed by atoms with E-state index in [1.807, 2.05) is 20.8 Å². The summed E-state index contributed by atoms with van der Waals surface area (Å²) >= 11 is 0. The van der Waals surface area contributed by atoms with Gasteiger partial charge in [0, 0.05) is 17.7 Å². The van der Waals surface area contributed by atoms with Crippen molar-refractivity contribution in [3.05, 3.63) is 52.5 Å². The zero-order valence-electron chi connectivity index (χ0n) is 16.5. The van der Waals surface area contributed by atoms with Gasteiger partial charge in [-0.3, -0.25) is 9.59 Å². The van der Waals surface area contributed by atoms with Crippen LogP contribution in [0.1, 0.15) is 26.5 Å². The summed E-state index contributed by atoms with van der Waals surface area (Å²) in [4.78, 5) is 37.5. The minimum absolute atomic E-state index is 0.0313. The Morgan fingerprint density at radius 3 is 2.67 bits per heavy atom. The fourth-order valence-corrected chi connectivity index (χ4v) is 2.98. The lowest BCUT2D eigenvalue weighted by Crippen LogP contribution is -2.26. The maximum absolute atomic E-state index is 13.0. The molecule has 0 saturated heterocycles. The Kier molecular flexibility index (Phi) is 4.45. The molecule has 4 heterocycles.